The van der Waals surface area contributed by atoms with Crippen molar-refractivity contribution in [3.8, 4) is 0 Å². The van der Waals surface area contributed by atoms with Gasteiger partial charge >= 0.3 is 24.0 Å². The Labute approximate surface area is 156 Å². The third-order valence-electron chi connectivity index (χ3n) is 3.64. The molecule has 0 aliphatic rings. The summed E-state index contributed by atoms with van der Waals surface area (Å²) >= 11 is 0. The van der Waals surface area contributed by atoms with Crippen LogP contribution in [-0.4, -0.2) is 42.5 Å². The van der Waals surface area contributed by atoms with Gasteiger partial charge in [-0.1, -0.05) is 31.5 Å². The van der Waals surface area contributed by atoms with E-state index in [4.69, 9.17) is 0 Å². The third kappa shape index (κ3) is 5.83. The van der Waals surface area contributed by atoms with E-state index in [1.165, 1.54) is 30.3 Å². The molecule has 1 amide bonds. The van der Waals surface area contributed by atoms with E-state index in [1.54, 1.807) is 12.2 Å². The number of carbonyl (C=O) groups is 2. The van der Waals surface area contributed by atoms with Crippen molar-refractivity contribution in [2.75, 3.05) is 6.61 Å². The first-order valence-corrected chi connectivity index (χ1v) is 8.18. The highest BCUT2D eigenvalue weighted by Gasteiger charge is 2.73. The molecule has 11 heteroatoms. The fourth-order valence-corrected chi connectivity index (χ4v) is 2.03. The quantitative estimate of drug-likeness (QED) is 0.369. The molecule has 1 rings (SSSR count). The molecule has 1 aromatic rings. The van der Waals surface area contributed by atoms with Gasteiger partial charge in [0.1, 0.15) is 6.04 Å². The molecule has 158 valence electrons. The summed E-state index contributed by atoms with van der Waals surface area (Å²) in [5.41, 5.74) is -0.111. The van der Waals surface area contributed by atoms with Crippen LogP contribution in [0.5, 0.6) is 0 Å². The van der Waals surface area contributed by atoms with E-state index in [-0.39, 0.29) is 12.2 Å². The maximum absolute atomic E-state index is 13.7. The Morgan fingerprint density at radius 3 is 2.11 bits per heavy atom. The first kappa shape index (κ1) is 23.7. The van der Waals surface area contributed by atoms with E-state index in [9.17, 15) is 40.3 Å². The van der Waals surface area contributed by atoms with Gasteiger partial charge in [0.25, 0.3) is 5.91 Å². The van der Waals surface area contributed by atoms with E-state index in [0.717, 1.165) is 0 Å². The summed E-state index contributed by atoms with van der Waals surface area (Å²) in [7, 11) is 0. The van der Waals surface area contributed by atoms with E-state index < -0.39 is 42.4 Å². The topological polar surface area (TPSA) is 55.4 Å². The number of rotatable bonds is 9. The lowest BCUT2D eigenvalue weighted by Crippen LogP contribution is -2.56. The standard InChI is InChI=1S/C17H18F7NO3/c1-2-3-9-28-14(27)12(25-13(26)11-7-5-4-6-8-11)10-15(18,19)16(20,21)17(22,23)24/h4-8,12H,2-3,9-10H2,1H3,(H,25,26). The number of hydrogen-bond acceptors (Lipinski definition) is 3. The van der Waals surface area contributed by atoms with Crippen LogP contribution >= 0.6 is 0 Å². The SMILES string of the molecule is CCCCOC(=O)C(CC(F)(F)C(F)(F)C(F)(F)F)NC(=O)c1ccccc1. The second kappa shape index (κ2) is 9.24. The minimum Gasteiger partial charge on any atom is -0.464 e. The molecule has 1 unspecified atom stereocenters. The lowest BCUT2D eigenvalue weighted by molar-refractivity contribution is -0.356. The van der Waals surface area contributed by atoms with E-state index in [1.807, 2.05) is 0 Å². The molecule has 0 spiro atoms. The summed E-state index contributed by atoms with van der Waals surface area (Å²) in [5.74, 6) is -14.7. The number of benzene rings is 1. The van der Waals surface area contributed by atoms with Crippen molar-refractivity contribution in [2.24, 2.45) is 0 Å². The van der Waals surface area contributed by atoms with E-state index >= 15 is 0 Å². The van der Waals surface area contributed by atoms with Crippen LogP contribution in [0.2, 0.25) is 0 Å². The van der Waals surface area contributed by atoms with Gasteiger partial charge in [-0.05, 0) is 18.6 Å². The second-order valence-corrected chi connectivity index (χ2v) is 5.89. The highest BCUT2D eigenvalue weighted by molar-refractivity contribution is 5.96. The van der Waals surface area contributed by atoms with Gasteiger partial charge in [0.2, 0.25) is 0 Å². The van der Waals surface area contributed by atoms with Gasteiger partial charge in [0, 0.05) is 12.0 Å². The molecule has 0 fully saturated rings. The minimum absolute atomic E-state index is 0.111. The van der Waals surface area contributed by atoms with Crippen molar-refractivity contribution < 1.29 is 45.1 Å². The number of alkyl halides is 7. The first-order chi connectivity index (χ1) is 12.8. The summed E-state index contributed by atoms with van der Waals surface area (Å²) in [5, 5.41) is 1.75. The largest absolute Gasteiger partial charge is 0.464 e. The van der Waals surface area contributed by atoms with Crippen molar-refractivity contribution in [3.63, 3.8) is 0 Å². The first-order valence-electron chi connectivity index (χ1n) is 8.18. The molecule has 4 nitrogen and oxygen atoms in total. The van der Waals surface area contributed by atoms with Crippen LogP contribution < -0.4 is 5.32 Å². The van der Waals surface area contributed by atoms with Crippen LogP contribution in [-0.2, 0) is 9.53 Å². The number of hydrogen-bond donors (Lipinski definition) is 1. The molecule has 1 atom stereocenters. The van der Waals surface area contributed by atoms with Gasteiger partial charge in [-0.2, -0.15) is 30.7 Å². The van der Waals surface area contributed by atoms with Gasteiger partial charge in [-0.15, -0.1) is 0 Å². The number of amides is 1. The molecule has 0 heterocycles. The molecule has 0 aliphatic heterocycles. The Kier molecular flexibility index (Phi) is 7.83. The Morgan fingerprint density at radius 1 is 1.04 bits per heavy atom. The molecule has 1 N–H and O–H groups in total. The zero-order valence-electron chi connectivity index (χ0n) is 14.7. The molecular formula is C17H18F7NO3. The summed E-state index contributed by atoms with van der Waals surface area (Å²) in [6.45, 7) is 1.44. The van der Waals surface area contributed by atoms with Crippen LogP contribution in [0.15, 0.2) is 30.3 Å². The van der Waals surface area contributed by atoms with Gasteiger partial charge in [-0.3, -0.25) is 4.79 Å². The lowest BCUT2D eigenvalue weighted by atomic mass is 10.0. The fraction of sp³-hybridized carbons (Fsp3) is 0.529. The Balaban J connectivity index is 3.06. The number of nitrogens with one attached hydrogen (secondary N) is 1. The summed E-state index contributed by atoms with van der Waals surface area (Å²) in [6.07, 6.45) is -7.99. The lowest BCUT2D eigenvalue weighted by Gasteiger charge is -2.30. The van der Waals surface area contributed by atoms with E-state index in [0.29, 0.717) is 12.8 Å². The summed E-state index contributed by atoms with van der Waals surface area (Å²) in [6, 6.07) is 4.37. The highest BCUT2D eigenvalue weighted by Crippen LogP contribution is 2.48. The van der Waals surface area contributed by atoms with Crippen LogP contribution in [0.1, 0.15) is 36.5 Å². The van der Waals surface area contributed by atoms with Crippen LogP contribution in [0.4, 0.5) is 30.7 Å². The average Bonchev–Trinajstić information content (AvgIpc) is 2.60. The molecule has 0 saturated heterocycles. The normalized spacial score (nSPS) is 13.7. The molecule has 28 heavy (non-hydrogen) atoms. The van der Waals surface area contributed by atoms with Gasteiger partial charge < -0.3 is 10.1 Å². The molecule has 0 bridgehead atoms. The zero-order chi connectivity index (χ0) is 21.6. The number of halogens is 7. The molecule has 1 aromatic carbocycles. The monoisotopic (exact) mass is 417 g/mol. The average molecular weight is 417 g/mol. The van der Waals surface area contributed by atoms with Crippen molar-refractivity contribution in [1.82, 2.24) is 5.32 Å². The van der Waals surface area contributed by atoms with Crippen LogP contribution in [0, 0.1) is 0 Å². The van der Waals surface area contributed by atoms with Crippen molar-refractivity contribution >= 4 is 11.9 Å². The summed E-state index contributed by atoms with van der Waals surface area (Å²) in [4.78, 5) is 24.0. The smallest absolute Gasteiger partial charge is 0.459 e. The predicted octanol–water partition coefficient (Wildman–Crippen LogP) is 4.35. The molecule has 0 saturated carbocycles. The molecule has 0 aliphatic carbocycles. The van der Waals surface area contributed by atoms with Gasteiger partial charge in [-0.25, -0.2) is 4.79 Å². The Morgan fingerprint density at radius 2 is 1.61 bits per heavy atom. The third-order valence-corrected chi connectivity index (χ3v) is 3.64. The van der Waals surface area contributed by atoms with Crippen LogP contribution in [0.25, 0.3) is 0 Å². The van der Waals surface area contributed by atoms with Crippen molar-refractivity contribution in [2.45, 2.75) is 50.2 Å². The van der Waals surface area contributed by atoms with Gasteiger partial charge in [0.15, 0.2) is 0 Å². The number of unbranched alkanes of at least 4 members (excludes halogenated alkanes) is 1. The minimum atomic E-state index is -6.55. The Bertz CT molecular complexity index is 662. The highest BCUT2D eigenvalue weighted by atomic mass is 19.4. The predicted molar refractivity (Wildman–Crippen MR) is 84.1 cm³/mol. The zero-order valence-corrected chi connectivity index (χ0v) is 14.7. The molecular weight excluding hydrogens is 399 g/mol. The van der Waals surface area contributed by atoms with Crippen molar-refractivity contribution in [1.29, 1.82) is 0 Å². The molecule has 0 aromatic heterocycles. The van der Waals surface area contributed by atoms with E-state index in [2.05, 4.69) is 4.74 Å². The number of carbonyl (C=O) groups excluding carboxylic acids is 2. The Hall–Kier alpha value is -2.33. The van der Waals surface area contributed by atoms with Crippen LogP contribution in [0.3, 0.4) is 0 Å². The number of ether oxygens (including phenoxy) is 1. The van der Waals surface area contributed by atoms with Gasteiger partial charge in [0.05, 0.1) is 6.61 Å². The molecule has 0 radical (unpaired) electrons. The maximum Gasteiger partial charge on any atom is 0.459 e. The fourth-order valence-electron chi connectivity index (χ4n) is 2.03. The maximum atomic E-state index is 13.7. The summed E-state index contributed by atoms with van der Waals surface area (Å²) < 4.78 is 95.3. The number of esters is 1. The second-order valence-electron chi connectivity index (χ2n) is 5.89. The van der Waals surface area contributed by atoms with Crippen molar-refractivity contribution in [3.05, 3.63) is 35.9 Å².